The van der Waals surface area contributed by atoms with Gasteiger partial charge in [0, 0.05) is 10.9 Å². The lowest BCUT2D eigenvalue weighted by Gasteiger charge is -2.11. The van der Waals surface area contributed by atoms with Gasteiger partial charge in [-0.2, -0.15) is 0 Å². The van der Waals surface area contributed by atoms with Crippen LogP contribution in [0.1, 0.15) is 16.1 Å². The highest BCUT2D eigenvalue weighted by atomic mass is 16.6. The molecule has 2 aromatic heterocycles. The average Bonchev–Trinajstić information content (AvgIpc) is 3.16. The van der Waals surface area contributed by atoms with E-state index in [2.05, 4.69) is 38.5 Å². The zero-order chi connectivity index (χ0) is 19.8. The summed E-state index contributed by atoms with van der Waals surface area (Å²) in [5.41, 5.74) is 3.49. The molecule has 0 radical (unpaired) electrons. The second kappa shape index (κ2) is 6.83. The van der Waals surface area contributed by atoms with Crippen molar-refractivity contribution < 1.29 is 9.42 Å². The lowest BCUT2D eigenvalue weighted by Crippen LogP contribution is -2.14. The Morgan fingerprint density at radius 2 is 1.66 bits per heavy atom. The molecule has 3 aromatic carbocycles. The molecular formula is C23H16N4O2. The van der Waals surface area contributed by atoms with Crippen LogP contribution in [-0.4, -0.2) is 21.2 Å². The van der Waals surface area contributed by atoms with Gasteiger partial charge < -0.3 is 5.32 Å². The van der Waals surface area contributed by atoms with E-state index < -0.39 is 0 Å². The zero-order valence-electron chi connectivity index (χ0n) is 15.6. The van der Waals surface area contributed by atoms with Gasteiger partial charge in [0.2, 0.25) is 5.82 Å². The molecule has 2 heterocycles. The molecule has 0 saturated heterocycles. The number of hydrogen-bond donors (Lipinski definition) is 1. The molecule has 0 aliphatic heterocycles. The van der Waals surface area contributed by atoms with Gasteiger partial charge in [-0.15, -0.1) is 0 Å². The first kappa shape index (κ1) is 17.1. The largest absolute Gasteiger partial charge is 0.302 e. The fourth-order valence-corrected chi connectivity index (χ4v) is 3.47. The summed E-state index contributed by atoms with van der Waals surface area (Å²) in [4.78, 5) is 17.9. The summed E-state index contributed by atoms with van der Waals surface area (Å²) in [6, 6.07) is 23.6. The fourth-order valence-electron chi connectivity index (χ4n) is 3.47. The highest BCUT2D eigenvalue weighted by molar-refractivity contribution is 6.13. The normalized spacial score (nSPS) is 11.1. The first-order valence-corrected chi connectivity index (χ1v) is 9.19. The number of anilines is 1. The number of nitrogens with zero attached hydrogens (tertiary/aromatic N) is 3. The smallest absolute Gasteiger partial charge is 0.257 e. The molecule has 0 bridgehead atoms. The number of pyridine rings is 1. The Balaban J connectivity index is 1.70. The molecule has 0 atom stereocenters. The van der Waals surface area contributed by atoms with Gasteiger partial charge in [0.1, 0.15) is 5.69 Å². The number of rotatable bonds is 3. The number of carbonyl (C=O) groups is 1. The van der Waals surface area contributed by atoms with E-state index in [0.29, 0.717) is 17.1 Å². The van der Waals surface area contributed by atoms with E-state index in [0.717, 1.165) is 32.9 Å². The van der Waals surface area contributed by atoms with E-state index in [4.69, 9.17) is 4.98 Å². The maximum atomic E-state index is 13.1. The Labute approximate surface area is 166 Å². The van der Waals surface area contributed by atoms with E-state index in [9.17, 15) is 4.79 Å². The summed E-state index contributed by atoms with van der Waals surface area (Å²) in [5.74, 6) is 0.0199. The summed E-state index contributed by atoms with van der Waals surface area (Å²) in [6.07, 6.45) is 0. The average molecular weight is 380 g/mol. The molecule has 5 rings (SSSR count). The number of benzene rings is 3. The molecule has 1 amide bonds. The van der Waals surface area contributed by atoms with Crippen LogP contribution in [0, 0.1) is 6.92 Å². The predicted molar refractivity (Wildman–Crippen MR) is 112 cm³/mol. The molecule has 140 valence electrons. The summed E-state index contributed by atoms with van der Waals surface area (Å²) >= 11 is 0. The van der Waals surface area contributed by atoms with Crippen LogP contribution in [-0.2, 0) is 0 Å². The van der Waals surface area contributed by atoms with Crippen molar-refractivity contribution in [3.63, 3.8) is 0 Å². The molecule has 29 heavy (non-hydrogen) atoms. The van der Waals surface area contributed by atoms with Crippen LogP contribution in [0.4, 0.5) is 5.82 Å². The number of carbonyl (C=O) groups excluding carboxylic acids is 1. The van der Waals surface area contributed by atoms with Crippen LogP contribution in [0.5, 0.6) is 0 Å². The maximum absolute atomic E-state index is 13.1. The van der Waals surface area contributed by atoms with E-state index in [1.807, 2.05) is 54.6 Å². The molecule has 0 saturated carbocycles. The molecule has 0 aliphatic carbocycles. The molecule has 0 aliphatic rings. The molecular weight excluding hydrogens is 364 g/mol. The van der Waals surface area contributed by atoms with Gasteiger partial charge in [-0.05, 0) is 35.0 Å². The number of fused-ring (bicyclic) bond motifs is 2. The SMILES string of the molecule is Cc1nonc1NC(=O)c1cc(-c2cccc3ccccc23)nc2ccccc12. The molecule has 6 nitrogen and oxygen atoms in total. The second-order valence-electron chi connectivity index (χ2n) is 6.75. The monoisotopic (exact) mass is 380 g/mol. The van der Waals surface area contributed by atoms with Crippen molar-refractivity contribution in [2.45, 2.75) is 6.92 Å². The van der Waals surface area contributed by atoms with Gasteiger partial charge in [0.15, 0.2) is 0 Å². The zero-order valence-corrected chi connectivity index (χ0v) is 15.6. The second-order valence-corrected chi connectivity index (χ2v) is 6.75. The highest BCUT2D eigenvalue weighted by Gasteiger charge is 2.17. The first-order chi connectivity index (χ1) is 14.2. The van der Waals surface area contributed by atoms with Crippen LogP contribution >= 0.6 is 0 Å². The van der Waals surface area contributed by atoms with Crippen LogP contribution in [0.2, 0.25) is 0 Å². The fraction of sp³-hybridized carbons (Fsp3) is 0.0435. The summed E-state index contributed by atoms with van der Waals surface area (Å²) in [7, 11) is 0. The molecule has 5 aromatic rings. The minimum Gasteiger partial charge on any atom is -0.302 e. The number of aromatic nitrogens is 3. The Bertz CT molecular complexity index is 1370. The number of para-hydroxylation sites is 1. The quantitative estimate of drug-likeness (QED) is 0.476. The van der Waals surface area contributed by atoms with E-state index in [1.54, 1.807) is 6.92 Å². The summed E-state index contributed by atoms with van der Waals surface area (Å²) in [6.45, 7) is 1.72. The van der Waals surface area contributed by atoms with Crippen molar-refractivity contribution in [1.29, 1.82) is 0 Å². The van der Waals surface area contributed by atoms with Crippen LogP contribution in [0.15, 0.2) is 77.4 Å². The number of hydrogen-bond acceptors (Lipinski definition) is 5. The molecule has 0 fully saturated rings. The van der Waals surface area contributed by atoms with E-state index in [-0.39, 0.29) is 5.91 Å². The van der Waals surface area contributed by atoms with Gasteiger partial charge in [-0.1, -0.05) is 65.8 Å². The minimum atomic E-state index is -0.288. The Morgan fingerprint density at radius 1 is 0.897 bits per heavy atom. The van der Waals surface area contributed by atoms with E-state index >= 15 is 0 Å². The third-order valence-corrected chi connectivity index (χ3v) is 4.91. The third-order valence-electron chi connectivity index (χ3n) is 4.91. The van der Waals surface area contributed by atoms with Gasteiger partial charge in [-0.3, -0.25) is 4.79 Å². The summed E-state index contributed by atoms with van der Waals surface area (Å²) < 4.78 is 4.68. The summed E-state index contributed by atoms with van der Waals surface area (Å²) in [5, 5.41) is 13.2. The Kier molecular flexibility index (Phi) is 4.02. The van der Waals surface area contributed by atoms with Crippen molar-refractivity contribution in [3.05, 3.63) is 84.1 Å². The minimum absolute atomic E-state index is 0.288. The molecule has 1 N–H and O–H groups in total. The van der Waals surface area contributed by atoms with Crippen LogP contribution < -0.4 is 5.32 Å². The number of nitrogens with one attached hydrogen (secondary N) is 1. The van der Waals surface area contributed by atoms with Crippen molar-refractivity contribution in [2.24, 2.45) is 0 Å². The topological polar surface area (TPSA) is 80.9 Å². The lowest BCUT2D eigenvalue weighted by molar-refractivity contribution is 0.102. The van der Waals surface area contributed by atoms with Gasteiger partial charge >= 0.3 is 0 Å². The third kappa shape index (κ3) is 3.00. The Morgan fingerprint density at radius 3 is 2.48 bits per heavy atom. The number of amides is 1. The highest BCUT2D eigenvalue weighted by Crippen LogP contribution is 2.30. The van der Waals surface area contributed by atoms with E-state index in [1.165, 1.54) is 0 Å². The van der Waals surface area contributed by atoms with Crippen molar-refractivity contribution in [2.75, 3.05) is 5.32 Å². The van der Waals surface area contributed by atoms with Crippen molar-refractivity contribution in [1.82, 2.24) is 15.3 Å². The standard InChI is InChI=1S/C23H16N4O2/c1-14-22(27-29-26-14)25-23(28)19-13-21(24-20-12-5-4-10-18(19)20)17-11-6-8-15-7-2-3-9-16(15)17/h2-13H,1H3,(H,25,27,28). The lowest BCUT2D eigenvalue weighted by atomic mass is 9.99. The first-order valence-electron chi connectivity index (χ1n) is 9.19. The maximum Gasteiger partial charge on any atom is 0.257 e. The number of aryl methyl sites for hydroxylation is 1. The van der Waals surface area contributed by atoms with Gasteiger partial charge in [0.05, 0.1) is 16.8 Å². The van der Waals surface area contributed by atoms with Gasteiger partial charge in [-0.25, -0.2) is 9.61 Å². The van der Waals surface area contributed by atoms with Crippen molar-refractivity contribution in [3.8, 4) is 11.3 Å². The van der Waals surface area contributed by atoms with Crippen molar-refractivity contribution >= 4 is 33.4 Å². The van der Waals surface area contributed by atoms with Crippen LogP contribution in [0.25, 0.3) is 32.9 Å². The van der Waals surface area contributed by atoms with Gasteiger partial charge in [0.25, 0.3) is 5.91 Å². The molecule has 0 spiro atoms. The predicted octanol–water partition coefficient (Wildman–Crippen LogP) is 5.00. The van der Waals surface area contributed by atoms with Crippen LogP contribution in [0.3, 0.4) is 0 Å². The molecule has 0 unspecified atom stereocenters. The Hall–Kier alpha value is -4.06. The molecule has 6 heteroatoms.